The van der Waals surface area contributed by atoms with E-state index in [0.717, 1.165) is 0 Å². The van der Waals surface area contributed by atoms with E-state index >= 15 is 0 Å². The summed E-state index contributed by atoms with van der Waals surface area (Å²) in [4.78, 5) is 27.5. The van der Waals surface area contributed by atoms with Crippen molar-refractivity contribution in [2.45, 2.75) is 11.4 Å². The van der Waals surface area contributed by atoms with E-state index in [2.05, 4.69) is 10.3 Å². The number of methoxy groups -OCH3 is 2. The SMILES string of the molecule is COc1ccc(OC)c(S(=O)(=O)N2CCN(C(=O)c3cn(CC(=O)N(C)C)nn3)CC2)c1. The van der Waals surface area contributed by atoms with Gasteiger partial charge in [0.1, 0.15) is 22.9 Å². The molecule has 0 aliphatic carbocycles. The topological polar surface area (TPSA) is 127 Å². The first-order chi connectivity index (χ1) is 15.2. The number of likely N-dealkylation sites (N-methyl/N-ethyl adjacent to an activating group) is 1. The minimum absolute atomic E-state index is 0.00706. The lowest BCUT2D eigenvalue weighted by Gasteiger charge is -2.33. The molecule has 1 aliphatic rings. The van der Waals surface area contributed by atoms with Crippen LogP contribution in [0.25, 0.3) is 0 Å². The number of carbonyl (C=O) groups is 2. The maximum atomic E-state index is 13.2. The van der Waals surface area contributed by atoms with Crippen LogP contribution in [0.1, 0.15) is 10.5 Å². The lowest BCUT2D eigenvalue weighted by atomic mass is 10.3. The quantitative estimate of drug-likeness (QED) is 0.536. The highest BCUT2D eigenvalue weighted by atomic mass is 32.2. The van der Waals surface area contributed by atoms with Gasteiger partial charge in [-0.15, -0.1) is 5.10 Å². The van der Waals surface area contributed by atoms with Gasteiger partial charge >= 0.3 is 0 Å². The van der Waals surface area contributed by atoms with Gasteiger partial charge in [0.05, 0.1) is 20.4 Å². The summed E-state index contributed by atoms with van der Waals surface area (Å²) in [6, 6.07) is 4.57. The fraction of sp³-hybridized carbons (Fsp3) is 0.474. The fourth-order valence-corrected chi connectivity index (χ4v) is 4.76. The number of hydrogen-bond acceptors (Lipinski definition) is 8. The van der Waals surface area contributed by atoms with E-state index in [1.165, 1.54) is 51.3 Å². The van der Waals surface area contributed by atoms with Gasteiger partial charge in [-0.2, -0.15) is 4.31 Å². The van der Waals surface area contributed by atoms with E-state index in [-0.39, 0.29) is 60.9 Å². The molecular formula is C19H26N6O6S. The monoisotopic (exact) mass is 466 g/mol. The van der Waals surface area contributed by atoms with Gasteiger partial charge in [0.15, 0.2) is 5.69 Å². The van der Waals surface area contributed by atoms with Crippen LogP contribution < -0.4 is 9.47 Å². The van der Waals surface area contributed by atoms with Crippen LogP contribution >= 0.6 is 0 Å². The van der Waals surface area contributed by atoms with Crippen LogP contribution in [0.15, 0.2) is 29.3 Å². The Morgan fingerprint density at radius 1 is 1.09 bits per heavy atom. The molecule has 0 bridgehead atoms. The number of hydrogen-bond donors (Lipinski definition) is 0. The van der Waals surface area contributed by atoms with Gasteiger partial charge in [-0.1, -0.05) is 5.21 Å². The van der Waals surface area contributed by atoms with Crippen molar-refractivity contribution in [2.75, 3.05) is 54.5 Å². The van der Waals surface area contributed by atoms with Crippen molar-refractivity contribution in [3.8, 4) is 11.5 Å². The third kappa shape index (κ3) is 4.83. The second kappa shape index (κ2) is 9.53. The molecule has 0 unspecified atom stereocenters. The van der Waals surface area contributed by atoms with Crippen molar-refractivity contribution >= 4 is 21.8 Å². The lowest BCUT2D eigenvalue weighted by molar-refractivity contribution is -0.129. The van der Waals surface area contributed by atoms with Gasteiger partial charge in [0, 0.05) is 46.3 Å². The van der Waals surface area contributed by atoms with Gasteiger partial charge in [-0.05, 0) is 12.1 Å². The normalized spacial score (nSPS) is 14.8. The van der Waals surface area contributed by atoms with Crippen LogP contribution in [0, 0.1) is 0 Å². The molecule has 2 amide bonds. The van der Waals surface area contributed by atoms with Crippen LogP contribution in [0.2, 0.25) is 0 Å². The molecule has 1 aromatic heterocycles. The van der Waals surface area contributed by atoms with E-state index in [1.54, 1.807) is 20.2 Å². The minimum Gasteiger partial charge on any atom is -0.497 e. The number of aromatic nitrogens is 3. The van der Waals surface area contributed by atoms with Crippen LogP contribution in [0.4, 0.5) is 0 Å². The van der Waals surface area contributed by atoms with Gasteiger partial charge in [0.25, 0.3) is 5.91 Å². The molecule has 13 heteroatoms. The summed E-state index contributed by atoms with van der Waals surface area (Å²) in [6.45, 7) is 0.576. The summed E-state index contributed by atoms with van der Waals surface area (Å²) in [5, 5.41) is 7.67. The van der Waals surface area contributed by atoms with E-state index in [9.17, 15) is 18.0 Å². The lowest BCUT2D eigenvalue weighted by Crippen LogP contribution is -2.50. The second-order valence-electron chi connectivity index (χ2n) is 7.30. The van der Waals surface area contributed by atoms with Crippen LogP contribution in [0.5, 0.6) is 11.5 Å². The molecule has 0 saturated carbocycles. The van der Waals surface area contributed by atoms with E-state index in [1.807, 2.05) is 0 Å². The van der Waals surface area contributed by atoms with Gasteiger partial charge in [-0.3, -0.25) is 9.59 Å². The molecule has 2 heterocycles. The Labute approximate surface area is 186 Å². The highest BCUT2D eigenvalue weighted by molar-refractivity contribution is 7.89. The van der Waals surface area contributed by atoms with Crippen LogP contribution in [0.3, 0.4) is 0 Å². The largest absolute Gasteiger partial charge is 0.497 e. The average molecular weight is 467 g/mol. The Balaban J connectivity index is 1.68. The summed E-state index contributed by atoms with van der Waals surface area (Å²) < 4.78 is 39.3. The summed E-state index contributed by atoms with van der Waals surface area (Å²) in [7, 11) is 2.25. The molecule has 3 rings (SSSR count). The Hall–Kier alpha value is -3.19. The number of amides is 2. The predicted molar refractivity (Wildman–Crippen MR) is 113 cm³/mol. The fourth-order valence-electron chi connectivity index (χ4n) is 3.17. The van der Waals surface area contributed by atoms with Crippen molar-refractivity contribution in [3.05, 3.63) is 30.1 Å². The molecule has 2 aromatic rings. The van der Waals surface area contributed by atoms with Crippen molar-refractivity contribution in [1.82, 2.24) is 29.1 Å². The Morgan fingerprint density at radius 2 is 1.78 bits per heavy atom. The number of carbonyl (C=O) groups excluding carboxylic acids is 2. The zero-order chi connectivity index (χ0) is 23.5. The smallest absolute Gasteiger partial charge is 0.276 e. The van der Waals surface area contributed by atoms with Crippen molar-refractivity contribution in [2.24, 2.45) is 0 Å². The second-order valence-corrected chi connectivity index (χ2v) is 9.21. The maximum Gasteiger partial charge on any atom is 0.276 e. The molecular weight excluding hydrogens is 440 g/mol. The van der Waals surface area contributed by atoms with Gasteiger partial charge in [0.2, 0.25) is 15.9 Å². The minimum atomic E-state index is -3.85. The highest BCUT2D eigenvalue weighted by Gasteiger charge is 2.33. The molecule has 1 aliphatic heterocycles. The zero-order valence-corrected chi connectivity index (χ0v) is 19.2. The van der Waals surface area contributed by atoms with Crippen molar-refractivity contribution in [1.29, 1.82) is 0 Å². The molecule has 1 aromatic carbocycles. The van der Waals surface area contributed by atoms with Crippen LogP contribution in [-0.4, -0.2) is 104 Å². The number of piperazine rings is 1. The van der Waals surface area contributed by atoms with E-state index in [4.69, 9.17) is 9.47 Å². The standard InChI is InChI=1S/C19H26N6O6S/c1-22(2)18(26)13-24-12-15(20-21-24)19(27)23-7-9-25(10-8-23)32(28,29)17-11-14(30-3)5-6-16(17)31-4/h5-6,11-12H,7-10,13H2,1-4H3. The highest BCUT2D eigenvalue weighted by Crippen LogP contribution is 2.31. The molecule has 1 fully saturated rings. The third-order valence-electron chi connectivity index (χ3n) is 5.07. The Kier molecular flexibility index (Phi) is 6.99. The molecule has 174 valence electrons. The maximum absolute atomic E-state index is 13.2. The van der Waals surface area contributed by atoms with Gasteiger partial charge in [-0.25, -0.2) is 13.1 Å². The summed E-state index contributed by atoms with van der Waals surface area (Å²) >= 11 is 0. The van der Waals surface area contributed by atoms with Crippen molar-refractivity contribution in [3.63, 3.8) is 0 Å². The molecule has 0 atom stereocenters. The first-order valence-electron chi connectivity index (χ1n) is 9.79. The van der Waals surface area contributed by atoms with Gasteiger partial charge < -0.3 is 19.3 Å². The first kappa shape index (κ1) is 23.5. The summed E-state index contributed by atoms with van der Waals surface area (Å²) in [6.07, 6.45) is 1.41. The number of sulfonamides is 1. The molecule has 32 heavy (non-hydrogen) atoms. The number of ether oxygens (including phenoxy) is 2. The summed E-state index contributed by atoms with van der Waals surface area (Å²) in [5.74, 6) is 0.0625. The number of nitrogens with zero attached hydrogens (tertiary/aromatic N) is 6. The average Bonchev–Trinajstić information content (AvgIpc) is 3.26. The molecule has 1 saturated heterocycles. The molecule has 0 N–H and O–H groups in total. The molecule has 12 nitrogen and oxygen atoms in total. The van der Waals surface area contributed by atoms with E-state index in [0.29, 0.717) is 5.75 Å². The molecule has 0 spiro atoms. The van der Waals surface area contributed by atoms with Crippen LogP contribution in [-0.2, 0) is 21.4 Å². The first-order valence-corrected chi connectivity index (χ1v) is 11.2. The number of rotatable bonds is 7. The summed E-state index contributed by atoms with van der Waals surface area (Å²) in [5.41, 5.74) is 0.0994. The Morgan fingerprint density at radius 3 is 2.38 bits per heavy atom. The zero-order valence-electron chi connectivity index (χ0n) is 18.4. The van der Waals surface area contributed by atoms with E-state index < -0.39 is 10.0 Å². The Bertz CT molecular complexity index is 1090. The predicted octanol–water partition coefficient (Wildman–Crippen LogP) is -0.470. The number of benzene rings is 1. The molecule has 0 radical (unpaired) electrons. The third-order valence-corrected chi connectivity index (χ3v) is 6.99. The van der Waals surface area contributed by atoms with Crippen molar-refractivity contribution < 1.29 is 27.5 Å².